The van der Waals surface area contributed by atoms with Crippen LogP contribution >= 0.6 is 56.5 Å². The van der Waals surface area contributed by atoms with E-state index in [1.165, 1.54) is 9.40 Å². The zero-order valence-corrected chi connectivity index (χ0v) is 25.1. The van der Waals surface area contributed by atoms with E-state index >= 15 is 0 Å². The molecule has 0 saturated heterocycles. The van der Waals surface area contributed by atoms with E-state index in [4.69, 9.17) is 9.97 Å². The van der Waals surface area contributed by atoms with Gasteiger partial charge in [0.2, 0.25) is 0 Å². The summed E-state index contributed by atoms with van der Waals surface area (Å²) in [7, 11) is 0. The topological polar surface area (TPSA) is 41.6 Å². The van der Waals surface area contributed by atoms with Crippen LogP contribution in [0.1, 0.15) is 22.8 Å². The summed E-state index contributed by atoms with van der Waals surface area (Å²) in [5.74, 6) is 0. The van der Waals surface area contributed by atoms with Gasteiger partial charge in [0.05, 0.1) is 35.4 Å². The molecule has 182 valence electrons. The van der Waals surface area contributed by atoms with Gasteiger partial charge in [0.25, 0.3) is 0 Å². The Balaban J connectivity index is 1.64. The third-order valence-electron chi connectivity index (χ3n) is 6.63. The average Bonchev–Trinajstić information content (AvgIpc) is 3.77. The molecule has 6 heteroatoms. The van der Waals surface area contributed by atoms with Crippen LogP contribution < -0.4 is 0 Å². The molecule has 2 aliphatic heterocycles. The maximum atomic E-state index is 5.13. The number of benzene rings is 2. The van der Waals surface area contributed by atoms with Crippen LogP contribution in [0, 0.1) is 7.14 Å². The first-order valence-electron chi connectivity index (χ1n) is 12.1. The molecule has 2 aliphatic rings. The second-order valence-electron chi connectivity index (χ2n) is 8.99. The van der Waals surface area contributed by atoms with Crippen LogP contribution in [0.2, 0.25) is 0 Å². The number of nitrogens with one attached hydrogen (secondary N) is 1. The lowest BCUT2D eigenvalue weighted by molar-refractivity contribution is 1.30. The van der Waals surface area contributed by atoms with Crippen molar-refractivity contribution in [1.29, 1.82) is 0 Å². The van der Waals surface area contributed by atoms with Gasteiger partial charge in [0.15, 0.2) is 0 Å². The molecule has 5 aromatic rings. The van der Waals surface area contributed by atoms with E-state index < -0.39 is 0 Å². The standard InChI is InChI=1S/C32H19I2N3S/c33-31-24-14-11-21(35-24)29(19-7-3-1-4-8-19)22-12-16-26(36-22)32(34)28-18-17-27(38-28)30(20-9-5-2-6-10-20)23-13-15-25(31)37-23/h1-18,35H. The van der Waals surface area contributed by atoms with Crippen LogP contribution in [0.4, 0.5) is 0 Å². The molecule has 3 aromatic heterocycles. The minimum atomic E-state index is 0.956. The highest BCUT2D eigenvalue weighted by Crippen LogP contribution is 2.37. The molecule has 0 atom stereocenters. The molecule has 0 fully saturated rings. The number of fused-ring (bicyclic) bond motifs is 8. The van der Waals surface area contributed by atoms with Crippen molar-refractivity contribution >= 4 is 101 Å². The third kappa shape index (κ3) is 4.24. The Morgan fingerprint density at radius 3 is 1.71 bits per heavy atom. The summed E-state index contributed by atoms with van der Waals surface area (Å²) in [4.78, 5) is 13.9. The van der Waals surface area contributed by atoms with E-state index in [9.17, 15) is 0 Å². The van der Waals surface area contributed by atoms with Crippen LogP contribution in [0.15, 0.2) is 84.9 Å². The second-order valence-corrected chi connectivity index (χ2v) is 12.2. The molecule has 0 spiro atoms. The van der Waals surface area contributed by atoms with E-state index in [1.54, 1.807) is 11.3 Å². The SMILES string of the molecule is Ic1c2nc(c(-c3ccccc3)c3ccc(s3)c(I)c3nc(c(-c4ccccc4)c4ccc1[nH]4)C=C3)C=C2. The minimum absolute atomic E-state index is 0.956. The molecule has 0 unspecified atom stereocenters. The molecule has 38 heavy (non-hydrogen) atoms. The molecule has 0 saturated carbocycles. The van der Waals surface area contributed by atoms with Crippen LogP contribution in [-0.4, -0.2) is 15.0 Å². The summed E-state index contributed by atoms with van der Waals surface area (Å²) in [5, 5.41) is 0. The highest BCUT2D eigenvalue weighted by Gasteiger charge is 2.16. The molecular formula is C32H19I2N3S. The fraction of sp³-hybridized carbons (Fsp3) is 0. The maximum Gasteiger partial charge on any atom is 0.0792 e. The number of thiophene rings is 1. The number of H-pyrrole nitrogens is 1. The Kier molecular flexibility index (Phi) is 6.25. The summed E-state index contributed by atoms with van der Waals surface area (Å²) in [6.45, 7) is 0. The third-order valence-corrected chi connectivity index (χ3v) is 10.4. The van der Waals surface area contributed by atoms with Crippen LogP contribution in [0.25, 0.3) is 67.0 Å². The smallest absolute Gasteiger partial charge is 0.0792 e. The van der Waals surface area contributed by atoms with Gasteiger partial charge in [-0.2, -0.15) is 0 Å². The summed E-state index contributed by atoms with van der Waals surface area (Å²) in [6.07, 6.45) is 8.52. The van der Waals surface area contributed by atoms with E-state index in [0.29, 0.717) is 0 Å². The van der Waals surface area contributed by atoms with Crippen molar-refractivity contribution in [3.05, 3.63) is 115 Å². The van der Waals surface area contributed by atoms with Gasteiger partial charge in [0, 0.05) is 26.0 Å². The largest absolute Gasteiger partial charge is 0.354 e. The predicted octanol–water partition coefficient (Wildman–Crippen LogP) is 9.93. The number of nitrogens with zero attached hydrogens (tertiary/aromatic N) is 2. The number of aromatic nitrogens is 3. The lowest BCUT2D eigenvalue weighted by Crippen LogP contribution is -1.87. The second kappa shape index (κ2) is 9.91. The van der Waals surface area contributed by atoms with Gasteiger partial charge in [-0.05, 0) is 105 Å². The lowest BCUT2D eigenvalue weighted by Gasteiger charge is -2.04. The van der Waals surface area contributed by atoms with Crippen molar-refractivity contribution in [3.63, 3.8) is 0 Å². The number of hydrogen-bond acceptors (Lipinski definition) is 3. The highest BCUT2D eigenvalue weighted by atomic mass is 127. The van der Waals surface area contributed by atoms with Gasteiger partial charge in [-0.25, -0.2) is 9.97 Å². The number of hydrogen-bond donors (Lipinski definition) is 1. The van der Waals surface area contributed by atoms with Gasteiger partial charge in [-0.1, -0.05) is 60.7 Å². The molecule has 0 aliphatic carbocycles. The quantitative estimate of drug-likeness (QED) is 0.180. The number of aromatic amines is 1. The predicted molar refractivity (Wildman–Crippen MR) is 179 cm³/mol. The fourth-order valence-electron chi connectivity index (χ4n) is 4.84. The molecule has 1 N–H and O–H groups in total. The zero-order valence-electron chi connectivity index (χ0n) is 20.0. The Labute approximate surface area is 251 Å². The van der Waals surface area contributed by atoms with Gasteiger partial charge in [-0.3, -0.25) is 0 Å². The van der Waals surface area contributed by atoms with Crippen molar-refractivity contribution in [2.45, 2.75) is 0 Å². The van der Waals surface area contributed by atoms with E-state index in [1.807, 2.05) is 6.07 Å². The Hall–Kier alpha value is -3.08. The summed E-state index contributed by atoms with van der Waals surface area (Å²) in [5.41, 5.74) is 10.5. The Bertz CT molecular complexity index is 1790. The van der Waals surface area contributed by atoms with Gasteiger partial charge >= 0.3 is 0 Å². The fourth-order valence-corrected chi connectivity index (χ4v) is 7.29. The molecule has 0 amide bonds. The first kappa shape index (κ1) is 24.0. The molecule has 2 aromatic carbocycles. The number of rotatable bonds is 2. The van der Waals surface area contributed by atoms with Crippen molar-refractivity contribution in [1.82, 2.24) is 15.0 Å². The first-order chi connectivity index (χ1) is 18.7. The van der Waals surface area contributed by atoms with Crippen molar-refractivity contribution in [2.75, 3.05) is 0 Å². The van der Waals surface area contributed by atoms with Crippen molar-refractivity contribution in [2.24, 2.45) is 0 Å². The van der Waals surface area contributed by atoms with Crippen LogP contribution in [0.3, 0.4) is 0 Å². The molecule has 5 heterocycles. The van der Waals surface area contributed by atoms with Gasteiger partial charge < -0.3 is 4.98 Å². The summed E-state index contributed by atoms with van der Waals surface area (Å²) >= 11 is 6.63. The van der Waals surface area contributed by atoms with Crippen LogP contribution in [-0.2, 0) is 0 Å². The lowest BCUT2D eigenvalue weighted by atomic mass is 10.0. The van der Waals surface area contributed by atoms with Crippen molar-refractivity contribution < 1.29 is 0 Å². The summed E-state index contributed by atoms with van der Waals surface area (Å²) < 4.78 is 4.61. The Morgan fingerprint density at radius 1 is 0.500 bits per heavy atom. The van der Waals surface area contributed by atoms with E-state index in [0.717, 1.165) is 63.2 Å². The highest BCUT2D eigenvalue weighted by molar-refractivity contribution is 14.1. The first-order valence-corrected chi connectivity index (χ1v) is 15.1. The minimum Gasteiger partial charge on any atom is -0.354 e. The monoisotopic (exact) mass is 731 g/mol. The number of halogens is 2. The maximum absolute atomic E-state index is 5.13. The summed E-state index contributed by atoms with van der Waals surface area (Å²) in [6, 6.07) is 29.7. The normalized spacial score (nSPS) is 12.3. The molecule has 7 rings (SSSR count). The molecular weight excluding hydrogens is 712 g/mol. The molecule has 0 radical (unpaired) electrons. The molecule has 8 bridgehead atoms. The van der Waals surface area contributed by atoms with Gasteiger partial charge in [-0.15, -0.1) is 11.3 Å². The molecule has 3 nitrogen and oxygen atoms in total. The van der Waals surface area contributed by atoms with E-state index in [2.05, 4.69) is 153 Å². The zero-order chi connectivity index (χ0) is 25.6. The average molecular weight is 731 g/mol. The van der Waals surface area contributed by atoms with E-state index in [-0.39, 0.29) is 0 Å². The van der Waals surface area contributed by atoms with Crippen molar-refractivity contribution in [3.8, 4) is 22.3 Å². The van der Waals surface area contributed by atoms with Gasteiger partial charge in [0.1, 0.15) is 0 Å². The van der Waals surface area contributed by atoms with Crippen LogP contribution in [0.5, 0.6) is 0 Å². The Morgan fingerprint density at radius 2 is 1.03 bits per heavy atom.